The molecule has 11 heteroatoms. The van der Waals surface area contributed by atoms with Gasteiger partial charge in [0.15, 0.2) is 5.76 Å². The fourth-order valence-corrected chi connectivity index (χ4v) is 8.49. The third-order valence-corrected chi connectivity index (χ3v) is 12.2. The van der Waals surface area contributed by atoms with Gasteiger partial charge in [-0.05, 0) is 77.6 Å². The number of rotatable bonds is 25. The van der Waals surface area contributed by atoms with E-state index in [-0.39, 0.29) is 17.3 Å². The molecule has 0 aliphatic heterocycles. The van der Waals surface area contributed by atoms with E-state index >= 15 is 0 Å². The second-order valence-electron chi connectivity index (χ2n) is 14.0. The van der Waals surface area contributed by atoms with Gasteiger partial charge in [0.1, 0.15) is 11.3 Å². The van der Waals surface area contributed by atoms with Crippen LogP contribution in [0.1, 0.15) is 117 Å². The number of thiophene rings is 1. The van der Waals surface area contributed by atoms with Crippen molar-refractivity contribution in [2.45, 2.75) is 124 Å². The van der Waals surface area contributed by atoms with E-state index in [1.165, 1.54) is 69.1 Å². The molecule has 2 unspecified atom stereocenters. The van der Waals surface area contributed by atoms with Crippen molar-refractivity contribution in [3.63, 3.8) is 0 Å². The summed E-state index contributed by atoms with van der Waals surface area (Å²) in [5.41, 5.74) is 0.644. The quantitative estimate of drug-likeness (QED) is 0.0520. The topological polar surface area (TPSA) is 120 Å². The lowest BCUT2D eigenvalue weighted by Crippen LogP contribution is -2.52. The van der Waals surface area contributed by atoms with Crippen LogP contribution >= 0.6 is 11.3 Å². The van der Waals surface area contributed by atoms with Crippen LogP contribution < -0.4 is 15.1 Å². The SMILES string of the molecule is CCCCCCCCCCCC(C)[N+](C)(CCCCS(=O)(=O)[O-])CCCOc1ccc2c(=O)c(O)c(-c3ccc(N(CC)CC)s3)oc2c1C. The number of unbranched alkanes of at least 4 members (excludes halogenated alkanes) is 9. The lowest BCUT2D eigenvalue weighted by Gasteiger charge is -2.40. The van der Waals surface area contributed by atoms with Crippen molar-refractivity contribution < 1.29 is 31.7 Å². The molecule has 0 aliphatic carbocycles. The van der Waals surface area contributed by atoms with E-state index in [1.807, 2.05) is 19.1 Å². The van der Waals surface area contributed by atoms with Crippen molar-refractivity contribution in [2.75, 3.05) is 50.5 Å². The Hall–Kier alpha value is -2.60. The Morgan fingerprint density at radius 2 is 1.56 bits per heavy atom. The molecule has 0 amide bonds. The van der Waals surface area contributed by atoms with Crippen molar-refractivity contribution in [2.24, 2.45) is 0 Å². The molecule has 0 aliphatic rings. The lowest BCUT2D eigenvalue weighted by atomic mass is 10.0. The Labute approximate surface area is 305 Å². The molecular weight excluding hydrogens is 673 g/mol. The van der Waals surface area contributed by atoms with Gasteiger partial charge in [-0.3, -0.25) is 4.79 Å². The minimum Gasteiger partial charge on any atom is -0.748 e. The van der Waals surface area contributed by atoms with Crippen LogP contribution in [0.2, 0.25) is 0 Å². The minimum atomic E-state index is -4.21. The van der Waals surface area contributed by atoms with E-state index in [9.17, 15) is 22.9 Å². The molecule has 0 spiro atoms. The Bertz CT molecular complexity index is 1630. The molecule has 2 atom stereocenters. The molecule has 1 N–H and O–H groups in total. The molecule has 2 aromatic heterocycles. The van der Waals surface area contributed by atoms with Crippen LogP contribution in [0.3, 0.4) is 0 Å². The smallest absolute Gasteiger partial charge is 0.235 e. The van der Waals surface area contributed by atoms with E-state index < -0.39 is 15.5 Å². The van der Waals surface area contributed by atoms with Crippen LogP contribution in [0.25, 0.3) is 21.6 Å². The van der Waals surface area contributed by atoms with Crippen LogP contribution in [0.15, 0.2) is 33.5 Å². The first-order chi connectivity index (χ1) is 23.8. The number of anilines is 1. The van der Waals surface area contributed by atoms with Crippen molar-refractivity contribution in [1.29, 1.82) is 0 Å². The van der Waals surface area contributed by atoms with Crippen LogP contribution in [0.5, 0.6) is 11.5 Å². The molecule has 1 aromatic carbocycles. The van der Waals surface area contributed by atoms with Crippen molar-refractivity contribution in [1.82, 2.24) is 0 Å². The molecule has 0 saturated carbocycles. The summed E-state index contributed by atoms with van der Waals surface area (Å²) in [5, 5.41) is 12.2. The van der Waals surface area contributed by atoms with Gasteiger partial charge in [-0.15, -0.1) is 11.3 Å². The summed E-state index contributed by atoms with van der Waals surface area (Å²) in [7, 11) is -1.97. The Kier molecular flexibility index (Phi) is 17.1. The second-order valence-corrected chi connectivity index (χ2v) is 16.6. The molecule has 9 nitrogen and oxygen atoms in total. The molecule has 3 rings (SSSR count). The van der Waals surface area contributed by atoms with Gasteiger partial charge in [-0.25, -0.2) is 8.42 Å². The first-order valence-corrected chi connectivity index (χ1v) is 21.3. The number of benzene rings is 1. The number of ether oxygens (including phenoxy) is 1. The molecule has 0 fully saturated rings. The Morgan fingerprint density at radius 3 is 2.20 bits per heavy atom. The predicted molar refractivity (Wildman–Crippen MR) is 207 cm³/mol. The Balaban J connectivity index is 1.66. The third kappa shape index (κ3) is 12.3. The monoisotopic (exact) mass is 734 g/mol. The zero-order valence-electron chi connectivity index (χ0n) is 31.4. The van der Waals surface area contributed by atoms with Gasteiger partial charge in [0, 0.05) is 30.8 Å². The van der Waals surface area contributed by atoms with Crippen LogP contribution in [0, 0.1) is 6.92 Å². The second kappa shape index (κ2) is 20.4. The first-order valence-electron chi connectivity index (χ1n) is 18.9. The molecular formula is C39H62N2O7S2. The highest BCUT2D eigenvalue weighted by Crippen LogP contribution is 2.39. The minimum absolute atomic E-state index is 0.171. The zero-order chi connectivity index (χ0) is 36.7. The summed E-state index contributed by atoms with van der Waals surface area (Å²) >= 11 is 1.48. The number of aryl methyl sites for hydroxylation is 1. The summed E-state index contributed by atoms with van der Waals surface area (Å²) in [6.07, 6.45) is 14.5. The van der Waals surface area contributed by atoms with Gasteiger partial charge in [0.2, 0.25) is 11.2 Å². The summed E-state index contributed by atoms with van der Waals surface area (Å²) in [6.45, 7) is 14.4. The molecule has 0 bridgehead atoms. The van der Waals surface area contributed by atoms with Crippen LogP contribution in [0.4, 0.5) is 5.00 Å². The predicted octanol–water partition coefficient (Wildman–Crippen LogP) is 9.23. The highest BCUT2D eigenvalue weighted by molar-refractivity contribution is 7.85. The van der Waals surface area contributed by atoms with Crippen molar-refractivity contribution in [3.05, 3.63) is 40.1 Å². The normalized spacial score (nSPS) is 13.8. The van der Waals surface area contributed by atoms with Gasteiger partial charge < -0.3 is 28.2 Å². The summed E-state index contributed by atoms with van der Waals surface area (Å²) < 4.78 is 46.9. The summed E-state index contributed by atoms with van der Waals surface area (Å²) in [5.74, 6) is 0.0956. The standard InChI is InChI=1S/C39H62N2O7S2/c1-7-10-11-12-13-14-15-16-17-21-30(4)41(6,26-18-19-29-50(44,45)46)27-20-28-47-33-23-22-32-36(42)37(43)39(48-38(32)31(33)5)34-24-25-35(49-34)40(8-2)9-3/h22-25,30H,7-21,26-29H2,1-6H3,(H-,43,44,45,46). The number of aromatic hydroxyl groups is 1. The van der Waals surface area contributed by atoms with E-state index in [2.05, 4.69) is 39.6 Å². The average Bonchev–Trinajstić information content (AvgIpc) is 3.56. The highest BCUT2D eigenvalue weighted by Gasteiger charge is 2.28. The largest absolute Gasteiger partial charge is 0.748 e. The average molecular weight is 735 g/mol. The van der Waals surface area contributed by atoms with Crippen molar-refractivity contribution >= 4 is 37.4 Å². The van der Waals surface area contributed by atoms with E-state index in [4.69, 9.17) is 9.15 Å². The van der Waals surface area contributed by atoms with Crippen molar-refractivity contribution in [3.8, 4) is 22.1 Å². The molecule has 282 valence electrons. The van der Waals surface area contributed by atoms with Gasteiger partial charge in [-0.2, -0.15) is 0 Å². The molecule has 3 aromatic rings. The number of fused-ring (bicyclic) bond motifs is 1. The van der Waals surface area contributed by atoms with E-state index in [0.29, 0.717) is 52.6 Å². The van der Waals surface area contributed by atoms with Gasteiger partial charge in [0.25, 0.3) is 0 Å². The highest BCUT2D eigenvalue weighted by atomic mass is 32.2. The van der Waals surface area contributed by atoms with Gasteiger partial charge in [0.05, 0.1) is 58.2 Å². The fraction of sp³-hybridized carbons (Fsp3) is 0.667. The van der Waals surface area contributed by atoms with E-state index in [0.717, 1.165) is 48.5 Å². The van der Waals surface area contributed by atoms with Crippen LogP contribution in [-0.4, -0.2) is 74.2 Å². The third-order valence-electron chi connectivity index (χ3n) is 10.3. The lowest BCUT2D eigenvalue weighted by molar-refractivity contribution is -0.932. The van der Waals surface area contributed by atoms with E-state index in [1.54, 1.807) is 12.1 Å². The van der Waals surface area contributed by atoms with Crippen LogP contribution in [-0.2, 0) is 10.1 Å². The number of hydrogen-bond donors (Lipinski definition) is 1. The molecule has 50 heavy (non-hydrogen) atoms. The van der Waals surface area contributed by atoms with Gasteiger partial charge >= 0.3 is 0 Å². The maximum atomic E-state index is 13.2. The fourth-order valence-electron chi connectivity index (χ4n) is 6.82. The molecule has 2 heterocycles. The molecule has 0 saturated heterocycles. The number of quaternary nitrogens is 1. The molecule has 0 radical (unpaired) electrons. The maximum Gasteiger partial charge on any atom is 0.235 e. The van der Waals surface area contributed by atoms with Gasteiger partial charge in [-0.1, -0.05) is 58.3 Å². The number of hydrogen-bond acceptors (Lipinski definition) is 9. The first kappa shape index (κ1) is 41.8. The summed E-state index contributed by atoms with van der Waals surface area (Å²) in [6, 6.07) is 7.68. The maximum absolute atomic E-state index is 13.2. The zero-order valence-corrected chi connectivity index (χ0v) is 33.1. The number of nitrogens with zero attached hydrogens (tertiary/aromatic N) is 2. The Morgan fingerprint density at radius 1 is 0.920 bits per heavy atom. The summed E-state index contributed by atoms with van der Waals surface area (Å²) in [4.78, 5) is 16.1.